The molecule has 0 spiro atoms. The topological polar surface area (TPSA) is 27.0 Å². The Morgan fingerprint density at radius 1 is 1.21 bits per heavy atom. The molecule has 0 fully saturated rings. The Morgan fingerprint density at radius 3 is 2.21 bits per heavy atom. The Labute approximate surface area is 111 Å². The number of hydrogen-bond donors (Lipinski definition) is 0. The molecule has 2 nitrogen and oxygen atoms in total. The molecule has 0 aliphatic carbocycles. The van der Waals surface area contributed by atoms with Crippen LogP contribution in [0.1, 0.15) is 31.9 Å². The second-order valence-electron chi connectivity index (χ2n) is 5.76. The molecule has 0 radical (unpaired) electrons. The third-order valence-corrected chi connectivity index (χ3v) is 2.58. The van der Waals surface area contributed by atoms with E-state index in [9.17, 15) is 13.2 Å². The molecule has 0 aliphatic rings. The number of rotatable bonds is 2. The first kappa shape index (κ1) is 15.4. The van der Waals surface area contributed by atoms with Crippen LogP contribution in [0.4, 0.5) is 18.9 Å². The van der Waals surface area contributed by atoms with Gasteiger partial charge < -0.3 is 4.90 Å². The predicted octanol–water partition coefficient (Wildman–Crippen LogP) is 4.06. The molecule has 1 aromatic carbocycles. The van der Waals surface area contributed by atoms with Gasteiger partial charge in [0, 0.05) is 19.3 Å². The van der Waals surface area contributed by atoms with Gasteiger partial charge in [-0.2, -0.15) is 18.4 Å². The van der Waals surface area contributed by atoms with E-state index in [1.54, 1.807) is 24.1 Å². The largest absolute Gasteiger partial charge is 0.417 e. The summed E-state index contributed by atoms with van der Waals surface area (Å²) in [5.41, 5.74) is -0.795. The molecule has 0 aromatic heterocycles. The highest BCUT2D eigenvalue weighted by Crippen LogP contribution is 2.34. The van der Waals surface area contributed by atoms with E-state index in [0.717, 1.165) is 6.07 Å². The second-order valence-corrected chi connectivity index (χ2v) is 5.76. The molecule has 0 saturated carbocycles. The lowest BCUT2D eigenvalue weighted by molar-refractivity contribution is -0.137. The molecule has 0 unspecified atom stereocenters. The third kappa shape index (κ3) is 4.16. The number of halogens is 3. The Balaban J connectivity index is 3.16. The molecule has 19 heavy (non-hydrogen) atoms. The maximum absolute atomic E-state index is 12.8. The molecule has 5 heteroatoms. The lowest BCUT2D eigenvalue weighted by Crippen LogP contribution is -2.29. The minimum absolute atomic E-state index is 0.0267. The maximum Gasteiger partial charge on any atom is 0.417 e. The van der Waals surface area contributed by atoms with Crippen molar-refractivity contribution in [2.24, 2.45) is 5.41 Å². The van der Waals surface area contributed by atoms with Gasteiger partial charge >= 0.3 is 6.18 Å². The van der Waals surface area contributed by atoms with Crippen molar-refractivity contribution in [1.29, 1.82) is 5.26 Å². The molecule has 1 rings (SSSR count). The molecule has 104 valence electrons. The molecular weight excluding hydrogens is 253 g/mol. The second kappa shape index (κ2) is 5.12. The SMILES string of the molecule is CN(CC(C)(C)C)c1ccc(C#N)c(C(F)(F)F)c1. The summed E-state index contributed by atoms with van der Waals surface area (Å²) in [5, 5.41) is 8.73. The fourth-order valence-corrected chi connectivity index (χ4v) is 1.90. The van der Waals surface area contributed by atoms with Gasteiger partial charge in [0.15, 0.2) is 0 Å². The van der Waals surface area contributed by atoms with Crippen molar-refractivity contribution in [3.8, 4) is 6.07 Å². The van der Waals surface area contributed by atoms with Crippen LogP contribution < -0.4 is 4.90 Å². The molecule has 0 saturated heterocycles. The summed E-state index contributed by atoms with van der Waals surface area (Å²) in [5.74, 6) is 0. The Kier molecular flexibility index (Phi) is 4.14. The summed E-state index contributed by atoms with van der Waals surface area (Å²) in [6.45, 7) is 6.66. The van der Waals surface area contributed by atoms with E-state index in [1.165, 1.54) is 6.07 Å². The smallest absolute Gasteiger partial charge is 0.374 e. The Hall–Kier alpha value is -1.70. The van der Waals surface area contributed by atoms with E-state index in [2.05, 4.69) is 0 Å². The minimum Gasteiger partial charge on any atom is -0.374 e. The summed E-state index contributed by atoms with van der Waals surface area (Å²) >= 11 is 0. The zero-order valence-electron chi connectivity index (χ0n) is 11.5. The van der Waals surface area contributed by atoms with Gasteiger partial charge in [-0.3, -0.25) is 0 Å². The lowest BCUT2D eigenvalue weighted by Gasteiger charge is -2.28. The van der Waals surface area contributed by atoms with Crippen LogP contribution in [-0.2, 0) is 6.18 Å². The van der Waals surface area contributed by atoms with Crippen molar-refractivity contribution in [3.05, 3.63) is 29.3 Å². The van der Waals surface area contributed by atoms with Crippen LogP contribution in [0.2, 0.25) is 0 Å². The van der Waals surface area contributed by atoms with Crippen LogP contribution in [0.3, 0.4) is 0 Å². The van der Waals surface area contributed by atoms with E-state index in [-0.39, 0.29) is 11.0 Å². The van der Waals surface area contributed by atoms with Crippen LogP contribution in [0.25, 0.3) is 0 Å². The summed E-state index contributed by atoms with van der Waals surface area (Å²) in [7, 11) is 1.74. The number of nitriles is 1. The highest BCUT2D eigenvalue weighted by molar-refractivity contribution is 5.54. The molecule has 0 atom stereocenters. The zero-order chi connectivity index (χ0) is 14.8. The molecule has 0 bridgehead atoms. The van der Waals surface area contributed by atoms with Gasteiger partial charge in [-0.25, -0.2) is 0 Å². The quantitative estimate of drug-likeness (QED) is 0.810. The fraction of sp³-hybridized carbons (Fsp3) is 0.500. The van der Waals surface area contributed by atoms with Crippen molar-refractivity contribution in [2.75, 3.05) is 18.5 Å². The maximum atomic E-state index is 12.8. The van der Waals surface area contributed by atoms with Gasteiger partial charge in [0.1, 0.15) is 0 Å². The van der Waals surface area contributed by atoms with E-state index in [4.69, 9.17) is 5.26 Å². The first-order valence-corrected chi connectivity index (χ1v) is 5.87. The average Bonchev–Trinajstić information content (AvgIpc) is 2.24. The van der Waals surface area contributed by atoms with Crippen LogP contribution in [0.5, 0.6) is 0 Å². The highest BCUT2D eigenvalue weighted by Gasteiger charge is 2.34. The van der Waals surface area contributed by atoms with Gasteiger partial charge in [-0.15, -0.1) is 0 Å². The summed E-state index contributed by atoms with van der Waals surface area (Å²) < 4.78 is 38.5. The third-order valence-electron chi connectivity index (χ3n) is 2.58. The van der Waals surface area contributed by atoms with Gasteiger partial charge in [-0.1, -0.05) is 20.8 Å². The first-order chi connectivity index (χ1) is 8.54. The van der Waals surface area contributed by atoms with Crippen molar-refractivity contribution in [2.45, 2.75) is 26.9 Å². The van der Waals surface area contributed by atoms with E-state index < -0.39 is 11.7 Å². The zero-order valence-corrected chi connectivity index (χ0v) is 11.5. The van der Waals surface area contributed by atoms with Crippen LogP contribution >= 0.6 is 0 Å². The number of alkyl halides is 3. The molecule has 0 N–H and O–H groups in total. The summed E-state index contributed by atoms with van der Waals surface area (Å²) in [4.78, 5) is 1.76. The lowest BCUT2D eigenvalue weighted by atomic mass is 9.96. The van der Waals surface area contributed by atoms with Gasteiger partial charge in [-0.05, 0) is 23.6 Å². The van der Waals surface area contributed by atoms with E-state index >= 15 is 0 Å². The standard InChI is InChI=1S/C14H17F3N2/c1-13(2,3)9-19(4)11-6-5-10(8-18)12(7-11)14(15,16)17/h5-7H,9H2,1-4H3. The van der Waals surface area contributed by atoms with Crippen LogP contribution in [0.15, 0.2) is 18.2 Å². The number of anilines is 1. The summed E-state index contributed by atoms with van der Waals surface area (Å²) in [6, 6.07) is 5.37. The molecule has 1 aromatic rings. The first-order valence-electron chi connectivity index (χ1n) is 5.87. The monoisotopic (exact) mass is 270 g/mol. The molecule has 0 aliphatic heterocycles. The Morgan fingerprint density at radius 2 is 1.79 bits per heavy atom. The van der Waals surface area contributed by atoms with Gasteiger partial charge in [0.25, 0.3) is 0 Å². The van der Waals surface area contributed by atoms with E-state index in [0.29, 0.717) is 12.2 Å². The normalized spacial score (nSPS) is 12.1. The summed E-state index contributed by atoms with van der Waals surface area (Å²) in [6.07, 6.45) is -4.51. The van der Waals surface area contributed by atoms with Crippen molar-refractivity contribution >= 4 is 5.69 Å². The number of hydrogen-bond acceptors (Lipinski definition) is 2. The Bertz CT molecular complexity index is 493. The van der Waals surface area contributed by atoms with Crippen LogP contribution in [0, 0.1) is 16.7 Å². The fourth-order valence-electron chi connectivity index (χ4n) is 1.90. The van der Waals surface area contributed by atoms with Crippen molar-refractivity contribution in [3.63, 3.8) is 0 Å². The average molecular weight is 270 g/mol. The number of benzene rings is 1. The highest BCUT2D eigenvalue weighted by atomic mass is 19.4. The van der Waals surface area contributed by atoms with Crippen LogP contribution in [-0.4, -0.2) is 13.6 Å². The van der Waals surface area contributed by atoms with Gasteiger partial charge in [0.2, 0.25) is 0 Å². The minimum atomic E-state index is -4.51. The molecular formula is C14H17F3N2. The van der Waals surface area contributed by atoms with Crippen molar-refractivity contribution in [1.82, 2.24) is 0 Å². The van der Waals surface area contributed by atoms with Gasteiger partial charge in [0.05, 0.1) is 17.2 Å². The number of nitrogens with zero attached hydrogens (tertiary/aromatic N) is 2. The predicted molar refractivity (Wildman–Crippen MR) is 68.9 cm³/mol. The van der Waals surface area contributed by atoms with E-state index in [1.807, 2.05) is 20.8 Å². The van der Waals surface area contributed by atoms with Crippen molar-refractivity contribution < 1.29 is 13.2 Å². The molecule has 0 amide bonds. The molecule has 0 heterocycles.